The molecule has 4 nitrogen and oxygen atoms in total. The molecule has 1 saturated heterocycles. The van der Waals surface area contributed by atoms with Crippen LogP contribution in [0, 0.1) is 6.92 Å². The number of likely N-dealkylation sites (tertiary alicyclic amines) is 1. The van der Waals surface area contributed by atoms with Gasteiger partial charge >= 0.3 is 0 Å². The second-order valence-corrected chi connectivity index (χ2v) is 4.78. The van der Waals surface area contributed by atoms with E-state index in [9.17, 15) is 4.79 Å². The largest absolute Gasteiger partial charge is 0.392 e. The van der Waals surface area contributed by atoms with Crippen molar-refractivity contribution in [1.29, 1.82) is 0 Å². The maximum atomic E-state index is 12.3. The number of rotatable bonds is 2. The molecule has 1 amide bonds. The normalized spacial score (nSPS) is 19.4. The van der Waals surface area contributed by atoms with Crippen molar-refractivity contribution in [2.45, 2.75) is 25.8 Å². The summed E-state index contributed by atoms with van der Waals surface area (Å²) in [6.45, 7) is 2.63. The zero-order chi connectivity index (χ0) is 12.4. The number of pyridine rings is 1. The number of nitrogens with zero attached hydrogens (tertiary/aromatic N) is 2. The van der Waals surface area contributed by atoms with Crippen molar-refractivity contribution in [3.8, 4) is 0 Å². The van der Waals surface area contributed by atoms with Gasteiger partial charge < -0.3 is 10.6 Å². The summed E-state index contributed by atoms with van der Waals surface area (Å²) >= 11 is 5.00. The molecule has 1 aliphatic heterocycles. The minimum absolute atomic E-state index is 0.0310. The highest BCUT2D eigenvalue weighted by Gasteiger charge is 2.31. The van der Waals surface area contributed by atoms with Gasteiger partial charge in [0.1, 0.15) is 0 Å². The summed E-state index contributed by atoms with van der Waals surface area (Å²) < 4.78 is 0. The topological polar surface area (TPSA) is 59.2 Å². The quantitative estimate of drug-likeness (QED) is 0.802. The lowest BCUT2D eigenvalue weighted by atomic mass is 10.1. The van der Waals surface area contributed by atoms with Crippen LogP contribution < -0.4 is 5.73 Å². The Morgan fingerprint density at radius 3 is 3.00 bits per heavy atom. The molecule has 1 aromatic rings. The van der Waals surface area contributed by atoms with Crippen LogP contribution in [-0.4, -0.2) is 33.4 Å². The Labute approximate surface area is 106 Å². The lowest BCUT2D eigenvalue weighted by Crippen LogP contribution is -2.42. The van der Waals surface area contributed by atoms with Crippen LogP contribution >= 0.6 is 12.2 Å². The molecule has 0 radical (unpaired) electrons. The molecule has 1 fully saturated rings. The lowest BCUT2D eigenvalue weighted by Gasteiger charge is -2.23. The third-order valence-electron chi connectivity index (χ3n) is 2.96. The first-order valence-corrected chi connectivity index (χ1v) is 6.02. The summed E-state index contributed by atoms with van der Waals surface area (Å²) in [6.07, 6.45) is 5.13. The van der Waals surface area contributed by atoms with E-state index in [1.807, 2.05) is 13.0 Å². The molecular formula is C12H15N3OS. The molecule has 1 aromatic heterocycles. The molecule has 1 unspecified atom stereocenters. The third kappa shape index (κ3) is 2.44. The van der Waals surface area contributed by atoms with Gasteiger partial charge in [-0.3, -0.25) is 9.78 Å². The van der Waals surface area contributed by atoms with E-state index in [1.54, 1.807) is 17.3 Å². The molecular weight excluding hydrogens is 234 g/mol. The van der Waals surface area contributed by atoms with Crippen LogP contribution in [-0.2, 0) is 0 Å². The fourth-order valence-corrected chi connectivity index (χ4v) is 2.39. The molecule has 0 aromatic carbocycles. The zero-order valence-corrected chi connectivity index (χ0v) is 10.5. The van der Waals surface area contributed by atoms with Crippen molar-refractivity contribution in [3.63, 3.8) is 0 Å². The van der Waals surface area contributed by atoms with Gasteiger partial charge in [-0.1, -0.05) is 12.2 Å². The van der Waals surface area contributed by atoms with Crippen LogP contribution in [0.1, 0.15) is 28.8 Å². The van der Waals surface area contributed by atoms with Gasteiger partial charge in [0.2, 0.25) is 0 Å². The average Bonchev–Trinajstić information content (AvgIpc) is 2.77. The number of hydrogen-bond donors (Lipinski definition) is 1. The Kier molecular flexibility index (Phi) is 3.38. The second kappa shape index (κ2) is 4.79. The minimum Gasteiger partial charge on any atom is -0.392 e. The van der Waals surface area contributed by atoms with Crippen molar-refractivity contribution < 1.29 is 4.79 Å². The van der Waals surface area contributed by atoms with Crippen molar-refractivity contribution in [2.24, 2.45) is 5.73 Å². The van der Waals surface area contributed by atoms with E-state index in [1.165, 1.54) is 0 Å². The Morgan fingerprint density at radius 2 is 2.35 bits per heavy atom. The Balaban J connectivity index is 2.23. The highest BCUT2D eigenvalue weighted by molar-refractivity contribution is 7.80. The zero-order valence-electron chi connectivity index (χ0n) is 9.72. The molecule has 90 valence electrons. The van der Waals surface area contributed by atoms with Gasteiger partial charge in [0, 0.05) is 18.9 Å². The number of carbonyl (C=O) groups is 1. The average molecular weight is 249 g/mol. The number of thiocarbonyl (C=S) groups is 1. The fourth-order valence-electron chi connectivity index (χ4n) is 2.14. The van der Waals surface area contributed by atoms with Crippen molar-refractivity contribution >= 4 is 23.1 Å². The number of nitrogens with two attached hydrogens (primary N) is 1. The molecule has 2 heterocycles. The number of carbonyl (C=O) groups excluding carboxylic acids is 1. The fraction of sp³-hybridized carbons (Fsp3) is 0.417. The predicted molar refractivity (Wildman–Crippen MR) is 69.8 cm³/mol. The smallest absolute Gasteiger partial charge is 0.256 e. The van der Waals surface area contributed by atoms with E-state index in [-0.39, 0.29) is 11.9 Å². The van der Waals surface area contributed by atoms with Crippen molar-refractivity contribution in [3.05, 3.63) is 29.6 Å². The first-order valence-electron chi connectivity index (χ1n) is 5.61. The van der Waals surface area contributed by atoms with Gasteiger partial charge in [-0.2, -0.15) is 0 Å². The van der Waals surface area contributed by atoms with Crippen LogP contribution in [0.2, 0.25) is 0 Å². The summed E-state index contributed by atoms with van der Waals surface area (Å²) in [5.74, 6) is -0.0310. The molecule has 0 aliphatic carbocycles. The molecule has 17 heavy (non-hydrogen) atoms. The van der Waals surface area contributed by atoms with Gasteiger partial charge in [0.25, 0.3) is 5.91 Å². The summed E-state index contributed by atoms with van der Waals surface area (Å²) in [7, 11) is 0. The standard InChI is InChI=1S/C12H15N3OS/c1-8-5-9(7-14-6-8)12(16)15-4-2-3-10(15)11(13)17/h5-7,10H,2-4H2,1H3,(H2,13,17). The molecule has 2 N–H and O–H groups in total. The summed E-state index contributed by atoms with van der Waals surface area (Å²) in [5.41, 5.74) is 7.23. The van der Waals surface area contributed by atoms with Crippen molar-refractivity contribution in [2.75, 3.05) is 6.54 Å². The highest BCUT2D eigenvalue weighted by atomic mass is 32.1. The molecule has 0 spiro atoms. The SMILES string of the molecule is Cc1cncc(C(=O)N2CCCC2C(N)=S)c1. The van der Waals surface area contributed by atoms with Gasteiger partial charge in [-0.15, -0.1) is 0 Å². The van der Waals surface area contributed by atoms with E-state index < -0.39 is 0 Å². The van der Waals surface area contributed by atoms with Crippen molar-refractivity contribution in [1.82, 2.24) is 9.88 Å². The summed E-state index contributed by atoms with van der Waals surface area (Å²) in [4.78, 5) is 18.5. The first-order chi connectivity index (χ1) is 8.09. The Bertz CT molecular complexity index is 461. The van der Waals surface area contributed by atoms with Gasteiger partial charge in [0.05, 0.1) is 16.6 Å². The molecule has 0 saturated carbocycles. The van der Waals surface area contributed by atoms with Crippen LogP contribution in [0.3, 0.4) is 0 Å². The van der Waals surface area contributed by atoms with E-state index in [0.717, 1.165) is 24.9 Å². The maximum absolute atomic E-state index is 12.3. The van der Waals surface area contributed by atoms with E-state index in [4.69, 9.17) is 18.0 Å². The number of aryl methyl sites for hydroxylation is 1. The highest BCUT2D eigenvalue weighted by Crippen LogP contribution is 2.20. The number of hydrogen-bond acceptors (Lipinski definition) is 3. The predicted octanol–water partition coefficient (Wildman–Crippen LogP) is 1.28. The maximum Gasteiger partial charge on any atom is 0.256 e. The van der Waals surface area contributed by atoms with Crippen LogP contribution in [0.15, 0.2) is 18.5 Å². The van der Waals surface area contributed by atoms with E-state index >= 15 is 0 Å². The van der Waals surface area contributed by atoms with E-state index in [0.29, 0.717) is 10.6 Å². The summed E-state index contributed by atoms with van der Waals surface area (Å²) in [6, 6.07) is 1.74. The molecule has 5 heteroatoms. The van der Waals surface area contributed by atoms with Crippen LogP contribution in [0.4, 0.5) is 0 Å². The number of aromatic nitrogens is 1. The lowest BCUT2D eigenvalue weighted by molar-refractivity contribution is 0.0770. The van der Waals surface area contributed by atoms with Gasteiger partial charge in [0.15, 0.2) is 0 Å². The Morgan fingerprint density at radius 1 is 1.59 bits per heavy atom. The third-order valence-corrected chi connectivity index (χ3v) is 3.24. The molecule has 2 rings (SSSR count). The van der Waals surface area contributed by atoms with Crippen LogP contribution in [0.25, 0.3) is 0 Å². The van der Waals surface area contributed by atoms with Crippen LogP contribution in [0.5, 0.6) is 0 Å². The molecule has 0 bridgehead atoms. The summed E-state index contributed by atoms with van der Waals surface area (Å²) in [5, 5.41) is 0. The van der Waals surface area contributed by atoms with Gasteiger partial charge in [-0.05, 0) is 31.4 Å². The monoisotopic (exact) mass is 249 g/mol. The number of amides is 1. The van der Waals surface area contributed by atoms with Gasteiger partial charge in [-0.25, -0.2) is 0 Å². The Hall–Kier alpha value is -1.49. The second-order valence-electron chi connectivity index (χ2n) is 4.31. The molecule has 1 atom stereocenters. The van der Waals surface area contributed by atoms with E-state index in [2.05, 4.69) is 4.98 Å². The minimum atomic E-state index is -0.0991. The first kappa shape index (κ1) is 12.0. The molecule has 1 aliphatic rings.